The number of nitrogens with one attached hydrogen (secondary N) is 1. The first-order valence-corrected chi connectivity index (χ1v) is 10.8. The third-order valence-electron chi connectivity index (χ3n) is 5.66. The van der Waals surface area contributed by atoms with Crippen LogP contribution in [-0.4, -0.2) is 31.4 Å². The molecule has 5 rings (SSSR count). The van der Waals surface area contributed by atoms with Crippen LogP contribution in [0.15, 0.2) is 65.7 Å². The number of thioether (sulfide) groups is 1. The lowest BCUT2D eigenvalue weighted by molar-refractivity contribution is -0.384. The van der Waals surface area contributed by atoms with Crippen LogP contribution < -0.4 is 5.32 Å². The van der Waals surface area contributed by atoms with Crippen LogP contribution >= 0.6 is 23.4 Å². The van der Waals surface area contributed by atoms with E-state index in [0.717, 1.165) is 22.6 Å². The molecule has 1 saturated carbocycles. The van der Waals surface area contributed by atoms with Crippen molar-refractivity contribution in [3.05, 3.63) is 82.2 Å². The predicted molar refractivity (Wildman–Crippen MR) is 116 cm³/mol. The van der Waals surface area contributed by atoms with Gasteiger partial charge >= 0.3 is 6.03 Å². The molecule has 1 heterocycles. The van der Waals surface area contributed by atoms with Crippen LogP contribution in [0.3, 0.4) is 0 Å². The SMILES string of the molecule is O=C(Nc1ccccc1)n1cc2c(n1)[C@@H]1C[C@@H](Cl)[C@H]2[C@H]1Sc1ccc([N+](=O)[O-])cc1. The number of nitro benzene ring substituents is 1. The molecule has 2 aromatic carbocycles. The number of non-ortho nitro benzene ring substituents is 1. The summed E-state index contributed by atoms with van der Waals surface area (Å²) in [5, 5.41) is 18.5. The summed E-state index contributed by atoms with van der Waals surface area (Å²) in [4.78, 5) is 24.0. The van der Waals surface area contributed by atoms with E-state index in [9.17, 15) is 14.9 Å². The molecule has 0 unspecified atom stereocenters. The number of carbonyl (C=O) groups excluding carboxylic acids is 1. The zero-order valence-electron chi connectivity index (χ0n) is 15.6. The van der Waals surface area contributed by atoms with Crippen LogP contribution in [-0.2, 0) is 0 Å². The monoisotopic (exact) mass is 440 g/mol. The minimum atomic E-state index is -0.401. The second-order valence-electron chi connectivity index (χ2n) is 7.43. The minimum Gasteiger partial charge on any atom is -0.306 e. The number of anilines is 1. The molecule has 0 radical (unpaired) electrons. The maximum atomic E-state index is 12.6. The van der Waals surface area contributed by atoms with Gasteiger partial charge in [-0.1, -0.05) is 18.2 Å². The summed E-state index contributed by atoms with van der Waals surface area (Å²) in [5.74, 6) is 0.239. The second-order valence-corrected chi connectivity index (χ2v) is 9.24. The molecule has 0 spiro atoms. The van der Waals surface area contributed by atoms with Gasteiger partial charge in [0, 0.05) is 51.4 Å². The van der Waals surface area contributed by atoms with Gasteiger partial charge in [-0.2, -0.15) is 9.78 Å². The molecule has 1 fully saturated rings. The Bertz CT molecular complexity index is 1120. The molecule has 4 atom stereocenters. The van der Waals surface area contributed by atoms with Crippen LogP contribution in [0.1, 0.15) is 29.5 Å². The number of nitrogens with zero attached hydrogens (tertiary/aromatic N) is 3. The number of aromatic nitrogens is 2. The molecule has 2 aliphatic carbocycles. The number of hydrogen-bond donors (Lipinski definition) is 1. The molecule has 1 aromatic heterocycles. The Morgan fingerprint density at radius 3 is 2.63 bits per heavy atom. The van der Waals surface area contributed by atoms with Crippen LogP contribution in [0.25, 0.3) is 0 Å². The zero-order valence-corrected chi connectivity index (χ0v) is 17.2. The fourth-order valence-corrected chi connectivity index (χ4v) is 6.39. The summed E-state index contributed by atoms with van der Waals surface area (Å²) in [5.41, 5.74) is 2.74. The number of fused-ring (bicyclic) bond motifs is 5. The number of halogens is 1. The van der Waals surface area contributed by atoms with Gasteiger partial charge in [0.25, 0.3) is 5.69 Å². The standard InChI is InChI=1S/C21H17ClN4O3S/c22-17-10-15-19-16(11-25(24-19)21(27)23-12-4-2-1-3-5-12)18(17)20(15)30-14-8-6-13(7-9-14)26(28)29/h1-9,11,15,17-18,20H,10H2,(H,23,27)/t15-,17+,18-,20-/m0/s1. The summed E-state index contributed by atoms with van der Waals surface area (Å²) in [6.07, 6.45) is 2.59. The molecule has 1 N–H and O–H groups in total. The van der Waals surface area contributed by atoms with Crippen LogP contribution in [0.4, 0.5) is 16.2 Å². The normalized spacial score (nSPS) is 23.9. The van der Waals surface area contributed by atoms with Gasteiger partial charge in [0.15, 0.2) is 0 Å². The summed E-state index contributed by atoms with van der Waals surface area (Å²) in [7, 11) is 0. The van der Waals surface area contributed by atoms with Crippen LogP contribution in [0.5, 0.6) is 0 Å². The highest BCUT2D eigenvalue weighted by Gasteiger charge is 2.53. The van der Waals surface area contributed by atoms with Crippen molar-refractivity contribution in [2.45, 2.75) is 33.8 Å². The molecule has 152 valence electrons. The lowest BCUT2D eigenvalue weighted by Crippen LogP contribution is -2.21. The number of hydrogen-bond acceptors (Lipinski definition) is 5. The van der Waals surface area contributed by atoms with Crippen molar-refractivity contribution in [1.82, 2.24) is 9.78 Å². The molecule has 1 amide bonds. The maximum Gasteiger partial charge on any atom is 0.346 e. The average Bonchev–Trinajstić information content (AvgIpc) is 3.38. The number of nitro groups is 1. The van der Waals surface area contributed by atoms with Gasteiger partial charge in [0.2, 0.25) is 0 Å². The lowest BCUT2D eigenvalue weighted by Gasteiger charge is -2.17. The topological polar surface area (TPSA) is 90.1 Å². The Labute approximate surface area is 181 Å². The van der Waals surface area contributed by atoms with Crippen molar-refractivity contribution in [2.75, 3.05) is 5.32 Å². The van der Waals surface area contributed by atoms with Gasteiger partial charge in [0.05, 0.1) is 10.6 Å². The zero-order chi connectivity index (χ0) is 20.8. The summed E-state index contributed by atoms with van der Waals surface area (Å²) < 4.78 is 1.36. The van der Waals surface area contributed by atoms with Crippen LogP contribution in [0.2, 0.25) is 0 Å². The van der Waals surface area contributed by atoms with Crippen LogP contribution in [0, 0.1) is 10.1 Å². The molecular formula is C21H17ClN4O3S. The Morgan fingerprint density at radius 1 is 1.20 bits per heavy atom. The van der Waals surface area contributed by atoms with Crippen molar-refractivity contribution in [3.63, 3.8) is 0 Å². The Balaban J connectivity index is 1.35. The van der Waals surface area contributed by atoms with E-state index in [4.69, 9.17) is 11.6 Å². The molecular weight excluding hydrogens is 424 g/mol. The Kier molecular flexibility index (Phi) is 4.75. The Morgan fingerprint density at radius 2 is 1.93 bits per heavy atom. The fourth-order valence-electron chi connectivity index (χ4n) is 4.33. The highest BCUT2D eigenvalue weighted by atomic mass is 35.5. The number of carbonyl (C=O) groups is 1. The van der Waals surface area contributed by atoms with Crippen molar-refractivity contribution in [3.8, 4) is 0 Å². The van der Waals surface area contributed by atoms with E-state index in [1.54, 1.807) is 30.1 Å². The van der Waals surface area contributed by atoms with Gasteiger partial charge in [-0.25, -0.2) is 4.79 Å². The van der Waals surface area contributed by atoms with E-state index in [2.05, 4.69) is 10.4 Å². The number of alkyl halides is 1. The number of amides is 1. The van der Waals surface area contributed by atoms with Gasteiger partial charge in [-0.3, -0.25) is 10.1 Å². The molecule has 0 saturated heterocycles. The van der Waals surface area contributed by atoms with Gasteiger partial charge < -0.3 is 5.32 Å². The molecule has 2 aliphatic rings. The highest BCUT2D eigenvalue weighted by molar-refractivity contribution is 8.00. The molecule has 30 heavy (non-hydrogen) atoms. The van der Waals surface area contributed by atoms with Gasteiger partial charge in [-0.05, 0) is 36.2 Å². The molecule has 3 aromatic rings. The molecule has 7 nitrogen and oxygen atoms in total. The van der Waals surface area contributed by atoms with E-state index >= 15 is 0 Å². The van der Waals surface area contributed by atoms with E-state index in [1.165, 1.54) is 16.8 Å². The van der Waals surface area contributed by atoms with E-state index in [1.807, 2.05) is 30.3 Å². The van der Waals surface area contributed by atoms with E-state index in [0.29, 0.717) is 5.69 Å². The number of para-hydroxylation sites is 1. The smallest absolute Gasteiger partial charge is 0.306 e. The quantitative estimate of drug-likeness (QED) is 0.341. The Hall–Kier alpha value is -2.84. The first-order chi connectivity index (χ1) is 14.5. The lowest BCUT2D eigenvalue weighted by atomic mass is 9.98. The first kappa shape index (κ1) is 19.1. The highest BCUT2D eigenvalue weighted by Crippen LogP contribution is 2.60. The summed E-state index contributed by atoms with van der Waals surface area (Å²) >= 11 is 8.32. The van der Waals surface area contributed by atoms with Crippen molar-refractivity contribution in [2.24, 2.45) is 0 Å². The number of benzene rings is 2. The van der Waals surface area contributed by atoms with E-state index in [-0.39, 0.29) is 34.2 Å². The van der Waals surface area contributed by atoms with Gasteiger partial charge in [-0.15, -0.1) is 23.4 Å². The molecule has 9 heteroatoms. The fraction of sp³-hybridized carbons (Fsp3) is 0.238. The summed E-state index contributed by atoms with van der Waals surface area (Å²) in [6, 6.07) is 15.5. The van der Waals surface area contributed by atoms with Crippen molar-refractivity contribution in [1.29, 1.82) is 0 Å². The molecule has 2 bridgehead atoms. The maximum absolute atomic E-state index is 12.6. The predicted octanol–water partition coefficient (Wildman–Crippen LogP) is 5.22. The molecule has 0 aliphatic heterocycles. The summed E-state index contributed by atoms with van der Waals surface area (Å²) in [6.45, 7) is 0. The van der Waals surface area contributed by atoms with Crippen molar-refractivity contribution < 1.29 is 9.72 Å². The first-order valence-electron chi connectivity index (χ1n) is 9.52. The number of rotatable bonds is 4. The average molecular weight is 441 g/mol. The minimum absolute atomic E-state index is 0.0205. The van der Waals surface area contributed by atoms with Crippen molar-refractivity contribution >= 4 is 40.8 Å². The second kappa shape index (κ2) is 7.45. The largest absolute Gasteiger partial charge is 0.346 e. The third-order valence-corrected chi connectivity index (χ3v) is 7.54. The van der Waals surface area contributed by atoms with Gasteiger partial charge in [0.1, 0.15) is 0 Å². The third kappa shape index (κ3) is 3.26. The van der Waals surface area contributed by atoms with E-state index < -0.39 is 4.92 Å².